The van der Waals surface area contributed by atoms with Crippen LogP contribution in [0.15, 0.2) is 40.3 Å². The average Bonchev–Trinajstić information content (AvgIpc) is 3.04. The fraction of sp³-hybridized carbons (Fsp3) is 0.350. The van der Waals surface area contributed by atoms with Crippen molar-refractivity contribution >= 4 is 37.5 Å². The van der Waals surface area contributed by atoms with E-state index in [1.54, 1.807) is 0 Å². The summed E-state index contributed by atoms with van der Waals surface area (Å²) in [6, 6.07) is 4.86. The molecule has 0 atom stereocenters. The van der Waals surface area contributed by atoms with Crippen LogP contribution in [0.5, 0.6) is 0 Å². The molecule has 11 heteroatoms. The molecule has 3 heterocycles. The number of carbonyl (C=O) groups excluding carboxylic acids is 1. The summed E-state index contributed by atoms with van der Waals surface area (Å²) in [5.41, 5.74) is 0.614. The minimum absolute atomic E-state index is 0.0968. The van der Waals surface area contributed by atoms with E-state index in [9.17, 15) is 22.4 Å². The number of hydrogen-bond acceptors (Lipinski definition) is 6. The molecule has 0 saturated carbocycles. The van der Waals surface area contributed by atoms with E-state index >= 15 is 0 Å². The first-order valence-corrected chi connectivity index (χ1v) is 11.9. The molecular formula is C20H21FN4O4S2. The molecule has 31 heavy (non-hydrogen) atoms. The van der Waals surface area contributed by atoms with Gasteiger partial charge in [-0.1, -0.05) is 6.07 Å². The molecule has 1 fully saturated rings. The topological polar surface area (TPSA) is 92.6 Å². The smallest absolute Gasteiger partial charge is 0.262 e. The zero-order valence-corrected chi connectivity index (χ0v) is 18.7. The quantitative estimate of drug-likeness (QED) is 0.587. The maximum Gasteiger partial charge on any atom is 0.262 e. The van der Waals surface area contributed by atoms with Gasteiger partial charge in [-0.15, -0.1) is 11.3 Å². The first kappa shape index (κ1) is 21.6. The van der Waals surface area contributed by atoms with Crippen molar-refractivity contribution in [3.05, 3.63) is 57.2 Å². The molecule has 0 N–H and O–H groups in total. The highest BCUT2D eigenvalue weighted by Crippen LogP contribution is 2.25. The maximum atomic E-state index is 13.4. The summed E-state index contributed by atoms with van der Waals surface area (Å²) in [6.45, 7) is 4.20. The van der Waals surface area contributed by atoms with Gasteiger partial charge in [0.25, 0.3) is 5.56 Å². The van der Waals surface area contributed by atoms with Crippen molar-refractivity contribution < 1.29 is 17.6 Å². The van der Waals surface area contributed by atoms with Gasteiger partial charge >= 0.3 is 0 Å². The Balaban J connectivity index is 1.45. The first-order valence-electron chi connectivity index (χ1n) is 9.67. The van der Waals surface area contributed by atoms with E-state index in [0.717, 1.165) is 16.5 Å². The molecule has 4 rings (SSSR count). The predicted octanol–water partition coefficient (Wildman–Crippen LogP) is 1.75. The summed E-state index contributed by atoms with van der Waals surface area (Å²) >= 11 is 1.44. The van der Waals surface area contributed by atoms with Gasteiger partial charge in [0.15, 0.2) is 0 Å². The Morgan fingerprint density at radius 1 is 1.19 bits per heavy atom. The van der Waals surface area contributed by atoms with E-state index in [1.165, 1.54) is 49.6 Å². The van der Waals surface area contributed by atoms with Crippen molar-refractivity contribution in [2.24, 2.45) is 0 Å². The standard InChI is InChI=1S/C20H21FN4O4S2/c1-13-14(2)30-19-18(13)20(27)24(12-22-19)11-17(26)23-6-8-25(9-7-23)31(28,29)16-5-3-4-15(21)10-16/h3-5,10,12H,6-9,11H2,1-2H3. The number of halogens is 1. The van der Waals surface area contributed by atoms with E-state index in [-0.39, 0.29) is 49.1 Å². The highest BCUT2D eigenvalue weighted by Gasteiger charge is 2.30. The Kier molecular flexibility index (Phi) is 5.67. The first-order chi connectivity index (χ1) is 14.7. The number of thiophene rings is 1. The van der Waals surface area contributed by atoms with E-state index in [2.05, 4.69) is 4.98 Å². The molecule has 0 spiro atoms. The second kappa shape index (κ2) is 8.13. The summed E-state index contributed by atoms with van der Waals surface area (Å²) in [6.07, 6.45) is 1.38. The van der Waals surface area contributed by atoms with Crippen LogP contribution in [0.4, 0.5) is 4.39 Å². The molecule has 1 aliphatic heterocycles. The van der Waals surface area contributed by atoms with Crippen molar-refractivity contribution in [3.63, 3.8) is 0 Å². The van der Waals surface area contributed by atoms with Gasteiger partial charge in [0.2, 0.25) is 15.9 Å². The molecule has 1 saturated heterocycles. The normalized spacial score (nSPS) is 15.5. The number of piperazine rings is 1. The van der Waals surface area contributed by atoms with Gasteiger partial charge in [0.05, 0.1) is 16.6 Å². The molecule has 0 bridgehead atoms. The number of nitrogens with zero attached hydrogens (tertiary/aromatic N) is 4. The molecule has 3 aromatic rings. The van der Waals surface area contributed by atoms with E-state index in [4.69, 9.17) is 0 Å². The van der Waals surface area contributed by atoms with E-state index < -0.39 is 15.8 Å². The third-order valence-corrected chi connectivity index (χ3v) is 8.50. The van der Waals surface area contributed by atoms with Crippen LogP contribution >= 0.6 is 11.3 Å². The van der Waals surface area contributed by atoms with Crippen molar-refractivity contribution in [2.45, 2.75) is 25.3 Å². The Morgan fingerprint density at radius 2 is 1.90 bits per heavy atom. The van der Waals surface area contributed by atoms with Crippen LogP contribution in [0.1, 0.15) is 10.4 Å². The minimum Gasteiger partial charge on any atom is -0.338 e. The summed E-state index contributed by atoms with van der Waals surface area (Å²) in [5.74, 6) is -0.905. The minimum atomic E-state index is -3.83. The number of carbonyl (C=O) groups is 1. The predicted molar refractivity (Wildman–Crippen MR) is 115 cm³/mol. The molecule has 1 aliphatic rings. The van der Waals surface area contributed by atoms with Crippen LogP contribution in [-0.2, 0) is 21.4 Å². The van der Waals surface area contributed by atoms with Crippen LogP contribution < -0.4 is 5.56 Å². The lowest BCUT2D eigenvalue weighted by Crippen LogP contribution is -2.51. The molecule has 0 aliphatic carbocycles. The number of amides is 1. The Hall–Kier alpha value is -2.63. The lowest BCUT2D eigenvalue weighted by Gasteiger charge is -2.34. The second-order valence-electron chi connectivity index (χ2n) is 7.38. The molecular weight excluding hydrogens is 443 g/mol. The molecule has 0 radical (unpaired) electrons. The number of fused-ring (bicyclic) bond motifs is 1. The third-order valence-electron chi connectivity index (χ3n) is 5.49. The lowest BCUT2D eigenvalue weighted by atomic mass is 10.2. The molecule has 1 aromatic carbocycles. The van der Waals surface area contributed by atoms with E-state index in [0.29, 0.717) is 10.2 Å². The number of benzene rings is 1. The molecule has 0 unspecified atom stereocenters. The van der Waals surface area contributed by atoms with Crippen LogP contribution in [0.25, 0.3) is 10.2 Å². The molecule has 164 valence electrons. The summed E-state index contributed by atoms with van der Waals surface area (Å²) < 4.78 is 41.4. The van der Waals surface area contributed by atoms with Gasteiger partial charge in [-0.25, -0.2) is 17.8 Å². The van der Waals surface area contributed by atoms with Crippen molar-refractivity contribution in [3.8, 4) is 0 Å². The van der Waals surface area contributed by atoms with Gasteiger partial charge in [0.1, 0.15) is 17.2 Å². The number of aryl methyl sites for hydroxylation is 2. The van der Waals surface area contributed by atoms with Crippen molar-refractivity contribution in [1.29, 1.82) is 0 Å². The average molecular weight is 465 g/mol. The largest absolute Gasteiger partial charge is 0.338 e. The third kappa shape index (κ3) is 4.00. The van der Waals surface area contributed by atoms with Crippen molar-refractivity contribution in [2.75, 3.05) is 26.2 Å². The lowest BCUT2D eigenvalue weighted by molar-refractivity contribution is -0.133. The Bertz CT molecular complexity index is 1320. The fourth-order valence-corrected chi connectivity index (χ4v) is 6.02. The van der Waals surface area contributed by atoms with E-state index in [1.807, 2.05) is 13.8 Å². The molecule has 8 nitrogen and oxygen atoms in total. The summed E-state index contributed by atoms with van der Waals surface area (Å²) in [5, 5.41) is 0.531. The van der Waals surface area contributed by atoms with Crippen LogP contribution in [0.3, 0.4) is 0 Å². The fourth-order valence-electron chi connectivity index (χ4n) is 3.58. The molecule has 1 amide bonds. The zero-order valence-electron chi connectivity index (χ0n) is 17.0. The van der Waals surface area contributed by atoms with Crippen molar-refractivity contribution in [1.82, 2.24) is 18.8 Å². The van der Waals surface area contributed by atoms with Gasteiger partial charge in [-0.2, -0.15) is 4.31 Å². The highest BCUT2D eigenvalue weighted by molar-refractivity contribution is 7.89. The van der Waals surface area contributed by atoms with Gasteiger partial charge < -0.3 is 4.90 Å². The van der Waals surface area contributed by atoms with Crippen LogP contribution in [-0.4, -0.2) is 59.3 Å². The van der Waals surface area contributed by atoms with Gasteiger partial charge in [-0.3, -0.25) is 14.2 Å². The van der Waals surface area contributed by atoms with Crippen LogP contribution in [0.2, 0.25) is 0 Å². The maximum absolute atomic E-state index is 13.4. The number of hydrogen-bond donors (Lipinski definition) is 0. The Labute approximate surface area is 182 Å². The number of sulfonamides is 1. The summed E-state index contributed by atoms with van der Waals surface area (Å²) in [7, 11) is -3.83. The number of aromatic nitrogens is 2. The SMILES string of the molecule is Cc1sc2ncn(CC(=O)N3CCN(S(=O)(=O)c4cccc(F)c4)CC3)c(=O)c2c1C. The second-order valence-corrected chi connectivity index (χ2v) is 10.5. The monoisotopic (exact) mass is 464 g/mol. The highest BCUT2D eigenvalue weighted by atomic mass is 32.2. The Morgan fingerprint density at radius 3 is 2.58 bits per heavy atom. The number of rotatable bonds is 4. The zero-order chi connectivity index (χ0) is 22.3. The summed E-state index contributed by atoms with van der Waals surface area (Å²) in [4.78, 5) is 32.9. The van der Waals surface area contributed by atoms with Gasteiger partial charge in [0, 0.05) is 31.1 Å². The van der Waals surface area contributed by atoms with Crippen LogP contribution in [0, 0.1) is 19.7 Å². The molecule has 2 aromatic heterocycles. The van der Waals surface area contributed by atoms with Gasteiger partial charge in [-0.05, 0) is 37.6 Å².